The fourth-order valence-corrected chi connectivity index (χ4v) is 1.06. The minimum Gasteiger partial charge on any atom is -0.443 e. The minimum atomic E-state index is -0.576. The molecule has 0 aliphatic heterocycles. The molecule has 92 valence electrons. The van der Waals surface area contributed by atoms with Crippen LogP contribution < -0.4 is 5.43 Å². The van der Waals surface area contributed by atoms with Gasteiger partial charge in [0.05, 0.1) is 11.4 Å². The number of nitrogens with zero attached hydrogens (tertiary/aromatic N) is 2. The van der Waals surface area contributed by atoms with Crippen molar-refractivity contribution < 1.29 is 9.53 Å². The van der Waals surface area contributed by atoms with Crippen LogP contribution in [0.1, 0.15) is 33.4 Å². The molecule has 17 heavy (non-hydrogen) atoms. The Morgan fingerprint density at radius 3 is 2.65 bits per heavy atom. The lowest BCUT2D eigenvalue weighted by molar-refractivity contribution is 0.0529. The van der Waals surface area contributed by atoms with Crippen molar-refractivity contribution in [3.05, 3.63) is 30.1 Å². The van der Waals surface area contributed by atoms with Crippen LogP contribution in [0.4, 0.5) is 4.79 Å². The molecule has 0 atom stereocenters. The Morgan fingerprint density at radius 1 is 1.41 bits per heavy atom. The van der Waals surface area contributed by atoms with Gasteiger partial charge in [0.2, 0.25) is 0 Å². The van der Waals surface area contributed by atoms with Gasteiger partial charge in [0.1, 0.15) is 5.60 Å². The van der Waals surface area contributed by atoms with E-state index in [1.54, 1.807) is 33.9 Å². The Hall–Kier alpha value is -1.91. The number of amides is 1. The van der Waals surface area contributed by atoms with Gasteiger partial charge in [-0.2, -0.15) is 5.10 Å². The summed E-state index contributed by atoms with van der Waals surface area (Å²) in [7, 11) is 0. The maximum atomic E-state index is 11.3. The van der Waals surface area contributed by atoms with Crippen molar-refractivity contribution in [3.63, 3.8) is 0 Å². The van der Waals surface area contributed by atoms with E-state index in [0.717, 1.165) is 0 Å². The molecule has 0 saturated carbocycles. The van der Waals surface area contributed by atoms with Crippen LogP contribution >= 0.6 is 0 Å². The molecule has 1 rings (SSSR count). The number of carbonyl (C=O) groups excluding carboxylic acids is 1. The van der Waals surface area contributed by atoms with Crippen LogP contribution in [0, 0.1) is 0 Å². The topological polar surface area (TPSA) is 63.6 Å². The summed E-state index contributed by atoms with van der Waals surface area (Å²) >= 11 is 0. The molecular formula is C12H17N3O2. The summed E-state index contributed by atoms with van der Waals surface area (Å²) in [5, 5.41) is 3.91. The average molecular weight is 235 g/mol. The summed E-state index contributed by atoms with van der Waals surface area (Å²) in [5.41, 5.74) is 3.13. The smallest absolute Gasteiger partial charge is 0.428 e. The molecule has 0 bridgehead atoms. The van der Waals surface area contributed by atoms with Gasteiger partial charge in [-0.05, 0) is 39.8 Å². The van der Waals surface area contributed by atoms with Crippen LogP contribution in [0.3, 0.4) is 0 Å². The van der Waals surface area contributed by atoms with Crippen molar-refractivity contribution >= 4 is 11.8 Å². The fourth-order valence-electron chi connectivity index (χ4n) is 1.06. The monoisotopic (exact) mass is 235 g/mol. The van der Waals surface area contributed by atoms with Gasteiger partial charge >= 0.3 is 6.09 Å². The number of rotatable bonds is 2. The third kappa shape index (κ3) is 5.10. The number of pyridine rings is 1. The number of nitrogens with one attached hydrogen (secondary N) is 1. The predicted molar refractivity (Wildman–Crippen MR) is 65.8 cm³/mol. The van der Waals surface area contributed by atoms with E-state index in [1.165, 1.54) is 0 Å². The molecule has 0 radical (unpaired) electrons. The summed E-state index contributed by atoms with van der Waals surface area (Å²) < 4.78 is 5.05. The lowest BCUT2D eigenvalue weighted by Gasteiger charge is -2.18. The molecule has 0 aromatic carbocycles. The zero-order valence-electron chi connectivity index (χ0n) is 10.5. The zero-order valence-corrected chi connectivity index (χ0v) is 10.5. The van der Waals surface area contributed by atoms with E-state index in [0.29, 0.717) is 11.4 Å². The van der Waals surface area contributed by atoms with Gasteiger partial charge in [-0.15, -0.1) is 0 Å². The Kier molecular flexibility index (Phi) is 4.20. The van der Waals surface area contributed by atoms with Crippen molar-refractivity contribution in [1.29, 1.82) is 0 Å². The van der Waals surface area contributed by atoms with E-state index in [9.17, 15) is 4.79 Å². The first kappa shape index (κ1) is 13.2. The molecule has 0 saturated heterocycles. The summed E-state index contributed by atoms with van der Waals surface area (Å²) in [6, 6.07) is 5.49. The molecule has 0 aliphatic rings. The second-order valence-electron chi connectivity index (χ2n) is 4.53. The van der Waals surface area contributed by atoms with Crippen LogP contribution in [0.25, 0.3) is 0 Å². The first-order valence-electron chi connectivity index (χ1n) is 5.33. The van der Waals surface area contributed by atoms with Gasteiger partial charge in [0.25, 0.3) is 0 Å². The first-order chi connectivity index (χ1) is 7.88. The summed E-state index contributed by atoms with van der Waals surface area (Å²) in [4.78, 5) is 15.4. The number of carbonyl (C=O) groups is 1. The van der Waals surface area contributed by atoms with Gasteiger partial charge < -0.3 is 4.74 Å². The molecule has 1 amide bonds. The number of hydrazone groups is 1. The normalized spacial score (nSPS) is 12.1. The predicted octanol–water partition coefficient (Wildman–Crippen LogP) is 2.33. The zero-order chi connectivity index (χ0) is 12.9. The number of hydrogen-bond donors (Lipinski definition) is 1. The second kappa shape index (κ2) is 5.43. The highest BCUT2D eigenvalue weighted by atomic mass is 16.6. The highest BCUT2D eigenvalue weighted by Crippen LogP contribution is 2.06. The maximum absolute atomic E-state index is 11.3. The quantitative estimate of drug-likeness (QED) is 0.632. The second-order valence-corrected chi connectivity index (χ2v) is 4.53. The van der Waals surface area contributed by atoms with Gasteiger partial charge in [-0.3, -0.25) is 4.98 Å². The van der Waals surface area contributed by atoms with Crippen LogP contribution in [0.15, 0.2) is 29.5 Å². The standard InChI is InChI=1S/C12H17N3O2/c1-9(10-7-5-6-8-13-10)14-15-11(16)17-12(2,3)4/h5-8H,1-4H3,(H,15,16)/b14-9+. The van der Waals surface area contributed by atoms with Crippen molar-refractivity contribution in [2.75, 3.05) is 0 Å². The van der Waals surface area contributed by atoms with Crippen molar-refractivity contribution in [1.82, 2.24) is 10.4 Å². The summed E-state index contributed by atoms with van der Waals surface area (Å²) in [6.45, 7) is 7.14. The van der Waals surface area contributed by atoms with E-state index in [1.807, 2.05) is 18.2 Å². The molecule has 5 nitrogen and oxygen atoms in total. The van der Waals surface area contributed by atoms with Crippen LogP contribution in [-0.2, 0) is 4.74 Å². The molecule has 5 heteroatoms. The Morgan fingerprint density at radius 2 is 2.12 bits per heavy atom. The minimum absolute atomic E-state index is 0.529. The number of hydrogen-bond acceptors (Lipinski definition) is 4. The highest BCUT2D eigenvalue weighted by molar-refractivity contribution is 5.97. The lowest BCUT2D eigenvalue weighted by Crippen LogP contribution is -2.30. The molecule has 1 aromatic rings. The molecule has 0 fully saturated rings. The molecular weight excluding hydrogens is 218 g/mol. The SMILES string of the molecule is C/C(=N\NC(=O)OC(C)(C)C)c1ccccn1. The fraction of sp³-hybridized carbons (Fsp3) is 0.417. The molecule has 0 spiro atoms. The Bertz CT molecular complexity index is 408. The van der Waals surface area contributed by atoms with Crippen molar-refractivity contribution in [3.8, 4) is 0 Å². The van der Waals surface area contributed by atoms with E-state index >= 15 is 0 Å². The third-order valence-electron chi connectivity index (χ3n) is 1.75. The van der Waals surface area contributed by atoms with E-state index < -0.39 is 11.7 Å². The molecule has 0 aliphatic carbocycles. The third-order valence-corrected chi connectivity index (χ3v) is 1.75. The maximum Gasteiger partial charge on any atom is 0.428 e. The van der Waals surface area contributed by atoms with Crippen LogP contribution in [-0.4, -0.2) is 22.4 Å². The molecule has 0 unspecified atom stereocenters. The van der Waals surface area contributed by atoms with E-state index in [2.05, 4.69) is 15.5 Å². The van der Waals surface area contributed by atoms with Crippen LogP contribution in [0.5, 0.6) is 0 Å². The van der Waals surface area contributed by atoms with Gasteiger partial charge in [0.15, 0.2) is 0 Å². The Labute approximate surface area is 101 Å². The Balaban J connectivity index is 2.57. The van der Waals surface area contributed by atoms with Crippen molar-refractivity contribution in [2.24, 2.45) is 5.10 Å². The van der Waals surface area contributed by atoms with E-state index in [4.69, 9.17) is 4.74 Å². The molecule has 1 aromatic heterocycles. The number of aromatic nitrogens is 1. The first-order valence-corrected chi connectivity index (χ1v) is 5.33. The number of ether oxygens (including phenoxy) is 1. The molecule has 1 heterocycles. The summed E-state index contributed by atoms with van der Waals surface area (Å²) in [5.74, 6) is 0. The molecule has 1 N–H and O–H groups in total. The highest BCUT2D eigenvalue weighted by Gasteiger charge is 2.15. The average Bonchev–Trinajstić information content (AvgIpc) is 2.25. The van der Waals surface area contributed by atoms with Gasteiger partial charge in [-0.1, -0.05) is 6.07 Å². The van der Waals surface area contributed by atoms with Gasteiger partial charge in [-0.25, -0.2) is 10.2 Å². The lowest BCUT2D eigenvalue weighted by atomic mass is 10.2. The van der Waals surface area contributed by atoms with Crippen molar-refractivity contribution in [2.45, 2.75) is 33.3 Å². The van der Waals surface area contributed by atoms with Crippen LogP contribution in [0.2, 0.25) is 0 Å². The van der Waals surface area contributed by atoms with E-state index in [-0.39, 0.29) is 0 Å². The summed E-state index contributed by atoms with van der Waals surface area (Å²) in [6.07, 6.45) is 1.09. The van der Waals surface area contributed by atoms with Gasteiger partial charge in [0, 0.05) is 6.20 Å². The largest absolute Gasteiger partial charge is 0.443 e.